The van der Waals surface area contributed by atoms with E-state index in [1.54, 1.807) is 18.3 Å². The van der Waals surface area contributed by atoms with Crippen molar-refractivity contribution in [3.63, 3.8) is 0 Å². The Morgan fingerprint density at radius 2 is 1.70 bits per heavy atom. The van der Waals surface area contributed by atoms with Gasteiger partial charge < -0.3 is 15.1 Å². The van der Waals surface area contributed by atoms with E-state index >= 15 is 0 Å². The van der Waals surface area contributed by atoms with E-state index in [1.807, 2.05) is 4.90 Å². The normalized spacial score (nSPS) is 17.6. The Labute approximate surface area is 215 Å². The molecule has 0 bridgehead atoms. The quantitative estimate of drug-likeness (QED) is 0.529. The zero-order chi connectivity index (χ0) is 26.4. The van der Waals surface area contributed by atoms with Gasteiger partial charge in [0.2, 0.25) is 5.91 Å². The Morgan fingerprint density at radius 1 is 1.03 bits per heavy atom. The number of anilines is 2. The summed E-state index contributed by atoms with van der Waals surface area (Å²) < 4.78 is 39.1. The molecule has 2 fully saturated rings. The number of pyridine rings is 1. The van der Waals surface area contributed by atoms with Gasteiger partial charge in [0, 0.05) is 73.2 Å². The first kappa shape index (κ1) is 26.8. The number of amides is 1. The number of piperazine rings is 1. The number of hydrogen-bond donors (Lipinski definition) is 1. The minimum absolute atomic E-state index is 0.183. The van der Waals surface area contributed by atoms with Crippen molar-refractivity contribution in [2.75, 3.05) is 63.1 Å². The van der Waals surface area contributed by atoms with Crippen LogP contribution in [0.5, 0.6) is 0 Å². The minimum Gasteiger partial charge on any atom is -0.369 e. The number of carbonyl (C=O) groups is 1. The fourth-order valence-corrected chi connectivity index (χ4v) is 4.84. The molecule has 1 aromatic heterocycles. The van der Waals surface area contributed by atoms with E-state index < -0.39 is 11.7 Å². The first-order chi connectivity index (χ1) is 17.7. The van der Waals surface area contributed by atoms with Crippen LogP contribution in [0.4, 0.5) is 30.4 Å². The summed E-state index contributed by atoms with van der Waals surface area (Å²) in [7, 11) is 1.43. The zero-order valence-electron chi connectivity index (χ0n) is 21.1. The molecule has 0 spiro atoms. The van der Waals surface area contributed by atoms with E-state index in [-0.39, 0.29) is 11.9 Å². The smallest absolute Gasteiger partial charge is 0.369 e. The molecule has 1 aromatic carbocycles. The Morgan fingerprint density at radius 3 is 2.27 bits per heavy atom. The molecule has 4 rings (SSSR count). The van der Waals surface area contributed by atoms with Crippen LogP contribution in [0.2, 0.25) is 0 Å². The van der Waals surface area contributed by atoms with Crippen molar-refractivity contribution in [2.24, 2.45) is 0 Å². The lowest BCUT2D eigenvalue weighted by Gasteiger charge is -2.36. The number of rotatable bonds is 8. The molecule has 2 aromatic rings. The molecule has 2 aliphatic heterocycles. The Hall–Kier alpha value is -3.21. The Balaban J connectivity index is 1.12. The maximum Gasteiger partial charge on any atom is 0.416 e. The molecule has 11 heteroatoms. The van der Waals surface area contributed by atoms with Crippen LogP contribution < -0.4 is 10.2 Å². The number of likely N-dealkylation sites (tertiary alicyclic amines) is 1. The van der Waals surface area contributed by atoms with Crippen LogP contribution in [0.3, 0.4) is 0 Å². The summed E-state index contributed by atoms with van der Waals surface area (Å²) in [5, 5.41) is 3.39. The van der Waals surface area contributed by atoms with E-state index in [0.29, 0.717) is 25.2 Å². The molecule has 200 valence electrons. The highest BCUT2D eigenvalue weighted by molar-refractivity contribution is 5.76. The average Bonchev–Trinajstić information content (AvgIpc) is 2.89. The molecular weight excluding hydrogens is 485 g/mol. The molecule has 0 saturated carbocycles. The largest absolute Gasteiger partial charge is 0.416 e. The van der Waals surface area contributed by atoms with Crippen LogP contribution >= 0.6 is 0 Å². The molecule has 2 saturated heterocycles. The van der Waals surface area contributed by atoms with Gasteiger partial charge in [-0.15, -0.1) is 0 Å². The number of carbonyl (C=O) groups excluding carboxylic acids is 1. The predicted molar refractivity (Wildman–Crippen MR) is 136 cm³/mol. The molecule has 3 heterocycles. The summed E-state index contributed by atoms with van der Waals surface area (Å²) in [4.78, 5) is 34.6. The van der Waals surface area contributed by atoms with Gasteiger partial charge in [0.15, 0.2) is 7.05 Å². The van der Waals surface area contributed by atoms with Crippen molar-refractivity contribution in [3.8, 4) is 0 Å². The van der Waals surface area contributed by atoms with Crippen molar-refractivity contribution in [1.29, 1.82) is 0 Å². The van der Waals surface area contributed by atoms with Crippen molar-refractivity contribution in [3.05, 3.63) is 53.1 Å². The third kappa shape index (κ3) is 7.41. The molecule has 1 N–H and O–H groups in total. The minimum atomic E-state index is -4.32. The maximum atomic E-state index is 12.8. The summed E-state index contributed by atoms with van der Waals surface area (Å²) in [6, 6.07) is 9.11. The maximum absolute atomic E-state index is 12.8. The molecule has 8 nitrogen and oxygen atoms in total. The number of hydrogen-bond acceptors (Lipinski definition) is 6. The van der Waals surface area contributed by atoms with Crippen molar-refractivity contribution >= 4 is 23.1 Å². The third-order valence-electron chi connectivity index (χ3n) is 7.11. The summed E-state index contributed by atoms with van der Waals surface area (Å²) in [5.74, 6) is 0.914. The number of nitroso groups, excluding NO2 is 1. The van der Waals surface area contributed by atoms with Crippen LogP contribution in [0.25, 0.3) is 0 Å². The number of piperidine rings is 1. The first-order valence-corrected chi connectivity index (χ1v) is 12.7. The van der Waals surface area contributed by atoms with Crippen LogP contribution in [-0.4, -0.2) is 84.4 Å². The molecular formula is C26H34F3N6O2+. The number of nitrogens with one attached hydrogen (secondary N) is 1. The highest BCUT2D eigenvalue weighted by Gasteiger charge is 2.30. The van der Waals surface area contributed by atoms with Crippen molar-refractivity contribution < 1.29 is 22.7 Å². The molecule has 1 amide bonds. The third-order valence-corrected chi connectivity index (χ3v) is 7.11. The van der Waals surface area contributed by atoms with E-state index in [9.17, 15) is 22.9 Å². The first-order valence-electron chi connectivity index (χ1n) is 12.7. The van der Waals surface area contributed by atoms with Crippen LogP contribution in [0.15, 0.2) is 42.6 Å². The van der Waals surface area contributed by atoms with E-state index in [4.69, 9.17) is 0 Å². The summed E-state index contributed by atoms with van der Waals surface area (Å²) in [5.41, 5.74) is 0.687. The summed E-state index contributed by atoms with van der Waals surface area (Å²) >= 11 is 0. The van der Waals surface area contributed by atoms with Gasteiger partial charge in [-0.2, -0.15) is 13.2 Å². The average molecular weight is 520 g/mol. The number of nitrogens with zero attached hydrogens (tertiary/aromatic N) is 5. The van der Waals surface area contributed by atoms with E-state index in [1.165, 1.54) is 19.2 Å². The van der Waals surface area contributed by atoms with Gasteiger partial charge in [0.05, 0.1) is 5.56 Å². The lowest BCUT2D eigenvalue weighted by atomic mass is 10.0. The van der Waals surface area contributed by atoms with Gasteiger partial charge in [-0.25, -0.2) is 4.98 Å². The standard InChI is InChI=1S/C26H34F3N6O2/c1-32(37)23-8-9-24(30-19-23)31-21-10-13-35(14-11-21)25(36)3-2-12-33-15-17-34(18-16-33)22-6-4-20(5-7-22)26(27,28)29/h4-9,19,21H,2-3,10-18H2,1H3,(H,30,31)/q+1. The lowest BCUT2D eigenvalue weighted by molar-refractivity contribution is -0.428. The molecule has 0 unspecified atom stereocenters. The number of aromatic nitrogens is 1. The van der Waals surface area contributed by atoms with E-state index in [0.717, 1.165) is 80.4 Å². The van der Waals surface area contributed by atoms with Crippen LogP contribution in [-0.2, 0) is 11.0 Å². The number of alkyl halides is 3. The van der Waals surface area contributed by atoms with Crippen molar-refractivity contribution in [2.45, 2.75) is 37.9 Å². The Bertz CT molecular complexity index is 1050. The van der Waals surface area contributed by atoms with Gasteiger partial charge in [-0.05, 0) is 56.1 Å². The van der Waals surface area contributed by atoms with Gasteiger partial charge >= 0.3 is 6.18 Å². The fourth-order valence-electron chi connectivity index (χ4n) is 4.84. The monoisotopic (exact) mass is 519 g/mol. The second kappa shape index (κ2) is 11.9. The highest BCUT2D eigenvalue weighted by atomic mass is 19.4. The molecule has 2 aliphatic rings. The van der Waals surface area contributed by atoms with Gasteiger partial charge in [0.25, 0.3) is 5.69 Å². The van der Waals surface area contributed by atoms with E-state index in [2.05, 4.69) is 20.1 Å². The topological polar surface area (TPSA) is 71.8 Å². The SMILES string of the molecule is C[N+](=O)c1ccc(NC2CCN(C(=O)CCCN3CCN(c4ccc(C(F)(F)F)cc4)CC3)CC2)nc1. The second-order valence-electron chi connectivity index (χ2n) is 9.68. The lowest BCUT2D eigenvalue weighted by Crippen LogP contribution is -2.47. The number of halogens is 3. The van der Waals surface area contributed by atoms with Crippen molar-refractivity contribution in [1.82, 2.24) is 14.8 Å². The van der Waals surface area contributed by atoms with Gasteiger partial charge in [0.1, 0.15) is 12.0 Å². The predicted octanol–water partition coefficient (Wildman–Crippen LogP) is 4.15. The molecule has 0 atom stereocenters. The highest BCUT2D eigenvalue weighted by Crippen LogP contribution is 2.30. The molecule has 0 aliphatic carbocycles. The van der Waals surface area contributed by atoms with Gasteiger partial charge in [-0.3, -0.25) is 9.69 Å². The molecule has 37 heavy (non-hydrogen) atoms. The van der Waals surface area contributed by atoms with Crippen LogP contribution in [0, 0.1) is 4.91 Å². The number of benzene rings is 1. The van der Waals surface area contributed by atoms with Crippen LogP contribution in [0.1, 0.15) is 31.2 Å². The molecule has 0 radical (unpaired) electrons. The zero-order valence-corrected chi connectivity index (χ0v) is 21.1. The summed E-state index contributed by atoms with van der Waals surface area (Å²) in [6.45, 7) is 5.42. The summed E-state index contributed by atoms with van der Waals surface area (Å²) in [6.07, 6.45) is 0.237. The second-order valence-corrected chi connectivity index (χ2v) is 9.68. The Kier molecular flexibility index (Phi) is 8.63. The van der Waals surface area contributed by atoms with Gasteiger partial charge in [-0.1, -0.05) is 0 Å². The fraction of sp³-hybridized carbons (Fsp3) is 0.538.